The minimum Gasteiger partial charge on any atom is -0.479 e. The van der Waals surface area contributed by atoms with Gasteiger partial charge in [-0.15, -0.1) is 22.7 Å². The third kappa shape index (κ3) is 2.60. The average molecular weight is 352 g/mol. The van der Waals surface area contributed by atoms with Crippen LogP contribution in [0.2, 0.25) is 0 Å². The number of fused-ring (bicyclic) bond motifs is 3. The topological polar surface area (TPSA) is 121 Å². The van der Waals surface area contributed by atoms with Gasteiger partial charge in [0.05, 0.1) is 15.0 Å². The predicted molar refractivity (Wildman–Crippen MR) is 84.3 cm³/mol. The number of benzene rings is 1. The molecule has 0 fully saturated rings. The van der Waals surface area contributed by atoms with Crippen LogP contribution in [0.3, 0.4) is 0 Å². The fraction of sp³-hybridized carbons (Fsp3) is 0.0714. The molecule has 0 aliphatic rings. The summed E-state index contributed by atoms with van der Waals surface area (Å²) in [5.74, 6) is -3.46. The standard InChI is InChI=1S/C14H8O7S2/c15-8(16)4-21-9-11-10(23-12(9)14(19)20)6-2-1-5(13(17)18)3-7(6)22-11/h1-3H,4H2,(H,15,16)(H,17,18)(H,19,20). The number of thiophene rings is 2. The molecule has 1 aromatic carbocycles. The molecule has 23 heavy (non-hydrogen) atoms. The Morgan fingerprint density at radius 1 is 1.00 bits per heavy atom. The number of carbonyl (C=O) groups is 3. The molecule has 3 aromatic rings. The highest BCUT2D eigenvalue weighted by molar-refractivity contribution is 7.34. The Morgan fingerprint density at radius 3 is 2.35 bits per heavy atom. The van der Waals surface area contributed by atoms with Crippen molar-refractivity contribution in [3.8, 4) is 5.75 Å². The van der Waals surface area contributed by atoms with Crippen LogP contribution in [0.5, 0.6) is 5.75 Å². The molecular weight excluding hydrogens is 344 g/mol. The maximum atomic E-state index is 11.3. The monoisotopic (exact) mass is 352 g/mol. The van der Waals surface area contributed by atoms with Gasteiger partial charge in [0.25, 0.3) is 0 Å². The lowest BCUT2D eigenvalue weighted by atomic mass is 10.2. The third-order valence-corrected chi connectivity index (χ3v) is 5.52. The molecule has 0 unspecified atom stereocenters. The normalized spacial score (nSPS) is 11.0. The molecule has 0 amide bonds. The van der Waals surface area contributed by atoms with Gasteiger partial charge in [-0.2, -0.15) is 0 Å². The average Bonchev–Trinajstić information content (AvgIpc) is 2.99. The molecule has 2 heterocycles. The molecule has 0 saturated carbocycles. The van der Waals surface area contributed by atoms with E-state index in [4.69, 9.17) is 14.9 Å². The third-order valence-electron chi connectivity index (χ3n) is 3.04. The second kappa shape index (κ2) is 5.52. The summed E-state index contributed by atoms with van der Waals surface area (Å²) < 4.78 is 6.96. The zero-order chi connectivity index (χ0) is 16.7. The highest BCUT2D eigenvalue weighted by Gasteiger charge is 2.24. The summed E-state index contributed by atoms with van der Waals surface area (Å²) in [6.07, 6.45) is 0. The zero-order valence-electron chi connectivity index (χ0n) is 11.2. The minimum atomic E-state index is -1.21. The fourth-order valence-corrected chi connectivity index (χ4v) is 4.65. The smallest absolute Gasteiger partial charge is 0.349 e. The van der Waals surface area contributed by atoms with E-state index in [-0.39, 0.29) is 16.2 Å². The molecule has 0 aliphatic heterocycles. The summed E-state index contributed by atoms with van der Waals surface area (Å²) in [5, 5.41) is 27.7. The van der Waals surface area contributed by atoms with Gasteiger partial charge in [0.1, 0.15) is 0 Å². The minimum absolute atomic E-state index is 0.0120. The number of carboxylic acid groups (broad SMARTS) is 3. The van der Waals surface area contributed by atoms with E-state index < -0.39 is 24.5 Å². The molecule has 0 saturated heterocycles. The summed E-state index contributed by atoms with van der Waals surface area (Å²) in [6.45, 7) is -0.652. The van der Waals surface area contributed by atoms with Crippen molar-refractivity contribution in [1.29, 1.82) is 0 Å². The summed E-state index contributed by atoms with van der Waals surface area (Å²) in [6, 6.07) is 4.55. The maximum Gasteiger partial charge on any atom is 0.349 e. The summed E-state index contributed by atoms with van der Waals surface area (Å²) in [5.41, 5.74) is 0.123. The van der Waals surface area contributed by atoms with Gasteiger partial charge < -0.3 is 20.1 Å². The Morgan fingerprint density at radius 2 is 1.74 bits per heavy atom. The van der Waals surface area contributed by atoms with Crippen LogP contribution in [0.15, 0.2) is 18.2 Å². The van der Waals surface area contributed by atoms with E-state index in [2.05, 4.69) is 0 Å². The molecular formula is C14H8O7S2. The van der Waals surface area contributed by atoms with Crippen molar-refractivity contribution in [3.05, 3.63) is 28.6 Å². The molecule has 3 N–H and O–H groups in total. The Balaban J connectivity index is 2.23. The van der Waals surface area contributed by atoms with Gasteiger partial charge in [-0.1, -0.05) is 6.07 Å². The first-order valence-corrected chi connectivity index (χ1v) is 7.82. The zero-order valence-corrected chi connectivity index (χ0v) is 12.9. The summed E-state index contributed by atoms with van der Waals surface area (Å²) in [4.78, 5) is 32.9. The number of aliphatic carboxylic acids is 1. The first kappa shape index (κ1) is 15.3. The first-order chi connectivity index (χ1) is 10.9. The van der Waals surface area contributed by atoms with Crippen LogP contribution < -0.4 is 4.74 Å². The molecule has 0 spiro atoms. The predicted octanol–water partition coefficient (Wildman–Crippen LogP) is 2.98. The summed E-state index contributed by atoms with van der Waals surface area (Å²) >= 11 is 2.16. The number of carboxylic acids is 3. The van der Waals surface area contributed by atoms with E-state index in [1.165, 1.54) is 23.5 Å². The fourth-order valence-electron chi connectivity index (χ4n) is 2.11. The molecule has 9 heteroatoms. The Bertz CT molecular complexity index is 966. The molecule has 0 aliphatic carbocycles. The largest absolute Gasteiger partial charge is 0.479 e. The number of aromatic carboxylic acids is 2. The van der Waals surface area contributed by atoms with Crippen molar-refractivity contribution < 1.29 is 34.4 Å². The van der Waals surface area contributed by atoms with Gasteiger partial charge in [0.2, 0.25) is 0 Å². The van der Waals surface area contributed by atoms with Crippen LogP contribution in [0.25, 0.3) is 19.5 Å². The van der Waals surface area contributed by atoms with Crippen LogP contribution >= 0.6 is 22.7 Å². The number of hydrogen-bond acceptors (Lipinski definition) is 6. The van der Waals surface area contributed by atoms with Gasteiger partial charge in [-0.25, -0.2) is 14.4 Å². The van der Waals surface area contributed by atoms with E-state index in [1.54, 1.807) is 6.07 Å². The van der Waals surface area contributed by atoms with Crippen molar-refractivity contribution in [2.24, 2.45) is 0 Å². The Hall–Kier alpha value is -2.65. The molecule has 7 nitrogen and oxygen atoms in total. The SMILES string of the molecule is O=C(O)COc1c(C(=O)O)sc2c1sc1cc(C(=O)O)ccc12. The van der Waals surface area contributed by atoms with Crippen molar-refractivity contribution >= 4 is 60.1 Å². The van der Waals surface area contributed by atoms with Crippen molar-refractivity contribution in [2.75, 3.05) is 6.61 Å². The highest BCUT2D eigenvalue weighted by atomic mass is 32.1. The van der Waals surface area contributed by atoms with Crippen LogP contribution in [0, 0.1) is 0 Å². The van der Waals surface area contributed by atoms with E-state index in [0.717, 1.165) is 11.3 Å². The van der Waals surface area contributed by atoms with E-state index >= 15 is 0 Å². The Labute approximate surface area is 136 Å². The van der Waals surface area contributed by atoms with Gasteiger partial charge in [-0.3, -0.25) is 0 Å². The molecule has 0 atom stereocenters. The maximum absolute atomic E-state index is 11.3. The lowest BCUT2D eigenvalue weighted by Gasteiger charge is -2.01. The number of ether oxygens (including phenoxy) is 1. The molecule has 2 aromatic heterocycles. The van der Waals surface area contributed by atoms with Crippen LogP contribution in [-0.2, 0) is 4.79 Å². The van der Waals surface area contributed by atoms with Gasteiger partial charge in [-0.05, 0) is 12.1 Å². The van der Waals surface area contributed by atoms with Crippen molar-refractivity contribution in [1.82, 2.24) is 0 Å². The quantitative estimate of drug-likeness (QED) is 0.645. The van der Waals surface area contributed by atoms with Crippen molar-refractivity contribution in [2.45, 2.75) is 0 Å². The van der Waals surface area contributed by atoms with Crippen LogP contribution in [0.4, 0.5) is 0 Å². The van der Waals surface area contributed by atoms with E-state index in [1.807, 2.05) is 0 Å². The first-order valence-electron chi connectivity index (χ1n) is 6.18. The number of hydrogen-bond donors (Lipinski definition) is 3. The molecule has 0 radical (unpaired) electrons. The molecule has 3 rings (SSSR count). The lowest BCUT2D eigenvalue weighted by Crippen LogP contribution is -2.10. The second-order valence-corrected chi connectivity index (χ2v) is 6.60. The van der Waals surface area contributed by atoms with Crippen LogP contribution in [-0.4, -0.2) is 39.8 Å². The Kier molecular flexibility index (Phi) is 3.66. The van der Waals surface area contributed by atoms with E-state index in [9.17, 15) is 19.5 Å². The number of rotatable bonds is 5. The van der Waals surface area contributed by atoms with Gasteiger partial charge in [0, 0.05) is 10.1 Å². The molecule has 0 bridgehead atoms. The van der Waals surface area contributed by atoms with Crippen LogP contribution in [0.1, 0.15) is 20.0 Å². The highest BCUT2D eigenvalue weighted by Crippen LogP contribution is 2.47. The van der Waals surface area contributed by atoms with E-state index in [0.29, 0.717) is 19.5 Å². The lowest BCUT2D eigenvalue weighted by molar-refractivity contribution is -0.139. The second-order valence-electron chi connectivity index (χ2n) is 4.52. The van der Waals surface area contributed by atoms with Gasteiger partial charge in [0.15, 0.2) is 17.2 Å². The summed E-state index contributed by atoms with van der Waals surface area (Å²) in [7, 11) is 0. The van der Waals surface area contributed by atoms with Crippen molar-refractivity contribution in [3.63, 3.8) is 0 Å². The van der Waals surface area contributed by atoms with Gasteiger partial charge >= 0.3 is 17.9 Å². The molecule has 118 valence electrons.